The number of para-hydroxylation sites is 2. The largest absolute Gasteiger partial charge is 0.349 e. The number of hydrogen-bond donors (Lipinski definition) is 2. The topological polar surface area (TPSA) is 62.7 Å². The van der Waals surface area contributed by atoms with E-state index in [1.54, 1.807) is 0 Å². The van der Waals surface area contributed by atoms with Crippen molar-refractivity contribution in [2.75, 3.05) is 0 Å². The summed E-state index contributed by atoms with van der Waals surface area (Å²) >= 11 is 0. The molecule has 5 nitrogen and oxygen atoms in total. The molecule has 3 aromatic rings. The van der Waals surface area contributed by atoms with Crippen molar-refractivity contribution in [3.8, 4) is 0 Å². The Morgan fingerprint density at radius 2 is 1.88 bits per heavy atom. The highest BCUT2D eigenvalue weighted by Gasteiger charge is 2.35. The Balaban J connectivity index is 1.43. The van der Waals surface area contributed by atoms with Crippen molar-refractivity contribution in [1.82, 2.24) is 19.9 Å². The lowest BCUT2D eigenvalue weighted by atomic mass is 9.78. The van der Waals surface area contributed by atoms with Gasteiger partial charge in [0, 0.05) is 12.4 Å². The lowest BCUT2D eigenvalue weighted by molar-refractivity contribution is -0.123. The molecule has 0 radical (unpaired) electrons. The number of rotatable bonds is 5. The number of amides is 1. The van der Waals surface area contributed by atoms with E-state index in [1.807, 2.05) is 36.4 Å². The predicted molar refractivity (Wildman–Crippen MR) is 98.0 cm³/mol. The molecule has 1 amide bonds. The van der Waals surface area contributed by atoms with Gasteiger partial charge in [-0.25, -0.2) is 4.98 Å². The van der Waals surface area contributed by atoms with Gasteiger partial charge in [-0.3, -0.25) is 4.79 Å². The number of carbonyl (C=O) groups is 1. The fourth-order valence-electron chi connectivity index (χ4n) is 4.02. The normalized spacial score (nSPS) is 16.8. The van der Waals surface area contributed by atoms with E-state index >= 15 is 0 Å². The summed E-state index contributed by atoms with van der Waals surface area (Å²) in [6.45, 7) is 0.440. The van der Waals surface area contributed by atoms with Gasteiger partial charge >= 0.3 is 0 Å². The van der Waals surface area contributed by atoms with Crippen LogP contribution in [0.25, 0.3) is 11.0 Å². The summed E-state index contributed by atoms with van der Waals surface area (Å²) < 4.78 is 2.24. The summed E-state index contributed by atoms with van der Waals surface area (Å²) in [6, 6.07) is 12.0. The molecule has 0 atom stereocenters. The van der Waals surface area contributed by atoms with Crippen LogP contribution in [0.15, 0.2) is 48.8 Å². The first-order chi connectivity index (χ1) is 12.3. The fraction of sp³-hybridized carbons (Fsp3) is 0.400. The van der Waals surface area contributed by atoms with Crippen molar-refractivity contribution in [2.45, 2.75) is 50.6 Å². The molecular formula is C20H24N4O. The maximum atomic E-state index is 12.6. The molecule has 1 aliphatic carbocycles. The third kappa shape index (κ3) is 3.31. The van der Waals surface area contributed by atoms with E-state index in [0.717, 1.165) is 29.7 Å². The molecule has 0 saturated heterocycles. The number of carbonyl (C=O) groups excluding carboxylic acids is 1. The van der Waals surface area contributed by atoms with Gasteiger partial charge in [0.05, 0.1) is 29.5 Å². The smallest absolute Gasteiger partial charge is 0.222 e. The average molecular weight is 336 g/mol. The molecule has 0 aliphatic heterocycles. The van der Waals surface area contributed by atoms with E-state index in [0.29, 0.717) is 13.0 Å². The van der Waals surface area contributed by atoms with Crippen LogP contribution in [0.3, 0.4) is 0 Å². The Morgan fingerprint density at radius 1 is 1.12 bits per heavy atom. The minimum atomic E-state index is -0.0697. The first-order valence-electron chi connectivity index (χ1n) is 9.09. The second-order valence-electron chi connectivity index (χ2n) is 7.03. The van der Waals surface area contributed by atoms with Gasteiger partial charge in [0.25, 0.3) is 0 Å². The predicted octanol–water partition coefficient (Wildman–Crippen LogP) is 3.73. The van der Waals surface area contributed by atoms with Gasteiger partial charge in [-0.15, -0.1) is 0 Å². The van der Waals surface area contributed by atoms with Gasteiger partial charge in [0.15, 0.2) is 0 Å². The van der Waals surface area contributed by atoms with Crippen molar-refractivity contribution in [3.05, 3.63) is 54.6 Å². The van der Waals surface area contributed by atoms with E-state index in [-0.39, 0.29) is 11.4 Å². The summed E-state index contributed by atoms with van der Waals surface area (Å²) in [5.74, 6) is 0.893. The number of aromatic nitrogens is 3. The molecule has 1 saturated carbocycles. The summed E-state index contributed by atoms with van der Waals surface area (Å²) in [6.07, 6.45) is 10.5. The minimum Gasteiger partial charge on any atom is -0.349 e. The summed E-state index contributed by atoms with van der Waals surface area (Å²) in [5.41, 5.74) is 1.87. The van der Waals surface area contributed by atoms with E-state index in [2.05, 4.69) is 32.2 Å². The number of fused-ring (bicyclic) bond motifs is 1. The van der Waals surface area contributed by atoms with Crippen LogP contribution >= 0.6 is 0 Å². The van der Waals surface area contributed by atoms with Crippen LogP contribution in [0, 0.1) is 0 Å². The van der Waals surface area contributed by atoms with Gasteiger partial charge in [-0.05, 0) is 37.1 Å². The fourth-order valence-corrected chi connectivity index (χ4v) is 4.02. The SMILES string of the molecule is O=C(CC1(n2cccc2)CCCCC1)NCc1nc2ccccc2[nH]1. The highest BCUT2D eigenvalue weighted by molar-refractivity contribution is 5.77. The molecule has 5 heteroatoms. The molecule has 0 bridgehead atoms. The third-order valence-corrected chi connectivity index (χ3v) is 5.32. The Kier molecular flexibility index (Phi) is 4.30. The molecular weight excluding hydrogens is 312 g/mol. The zero-order valence-corrected chi connectivity index (χ0v) is 14.4. The summed E-state index contributed by atoms with van der Waals surface area (Å²) in [7, 11) is 0. The second-order valence-corrected chi connectivity index (χ2v) is 7.03. The molecule has 2 N–H and O–H groups in total. The van der Waals surface area contributed by atoms with Crippen LogP contribution in [0.1, 0.15) is 44.3 Å². The number of nitrogens with one attached hydrogen (secondary N) is 2. The maximum Gasteiger partial charge on any atom is 0.222 e. The van der Waals surface area contributed by atoms with E-state index in [9.17, 15) is 4.79 Å². The highest BCUT2D eigenvalue weighted by atomic mass is 16.1. The summed E-state index contributed by atoms with van der Waals surface area (Å²) in [5, 5.41) is 3.05. The van der Waals surface area contributed by atoms with E-state index < -0.39 is 0 Å². The first kappa shape index (κ1) is 15.9. The number of aromatic amines is 1. The number of hydrogen-bond acceptors (Lipinski definition) is 2. The molecule has 4 rings (SSSR count). The van der Waals surface area contributed by atoms with Crippen molar-refractivity contribution in [2.24, 2.45) is 0 Å². The van der Waals surface area contributed by atoms with Crippen LogP contribution in [0.4, 0.5) is 0 Å². The summed E-state index contributed by atoms with van der Waals surface area (Å²) in [4.78, 5) is 20.4. The Bertz CT molecular complexity index is 811. The van der Waals surface area contributed by atoms with Crippen LogP contribution in [-0.2, 0) is 16.9 Å². The molecule has 25 heavy (non-hydrogen) atoms. The van der Waals surface area contributed by atoms with Crippen molar-refractivity contribution in [3.63, 3.8) is 0 Å². The first-order valence-corrected chi connectivity index (χ1v) is 9.09. The Hall–Kier alpha value is -2.56. The Morgan fingerprint density at radius 3 is 2.64 bits per heavy atom. The van der Waals surface area contributed by atoms with Gasteiger partial charge < -0.3 is 14.9 Å². The van der Waals surface area contributed by atoms with E-state index in [1.165, 1.54) is 19.3 Å². The second kappa shape index (κ2) is 6.75. The molecule has 1 fully saturated rings. The molecule has 1 aromatic carbocycles. The molecule has 0 unspecified atom stereocenters. The zero-order valence-electron chi connectivity index (χ0n) is 14.4. The Labute approximate surface area is 147 Å². The van der Waals surface area contributed by atoms with Crippen molar-refractivity contribution in [1.29, 1.82) is 0 Å². The minimum absolute atomic E-state index is 0.0697. The van der Waals surface area contributed by atoms with Crippen LogP contribution in [0.5, 0.6) is 0 Å². The van der Waals surface area contributed by atoms with Crippen LogP contribution < -0.4 is 5.32 Å². The zero-order chi connectivity index (χ0) is 17.1. The highest BCUT2D eigenvalue weighted by Crippen LogP contribution is 2.37. The number of H-pyrrole nitrogens is 1. The average Bonchev–Trinajstić information content (AvgIpc) is 3.30. The van der Waals surface area contributed by atoms with Gasteiger partial charge in [0.1, 0.15) is 5.82 Å². The number of benzene rings is 1. The van der Waals surface area contributed by atoms with Crippen LogP contribution in [-0.4, -0.2) is 20.4 Å². The third-order valence-electron chi connectivity index (χ3n) is 5.32. The van der Waals surface area contributed by atoms with Crippen molar-refractivity contribution >= 4 is 16.9 Å². The molecule has 2 aromatic heterocycles. The van der Waals surface area contributed by atoms with Gasteiger partial charge in [-0.2, -0.15) is 0 Å². The maximum absolute atomic E-state index is 12.6. The van der Waals surface area contributed by atoms with Gasteiger partial charge in [-0.1, -0.05) is 31.4 Å². The molecule has 1 aliphatic rings. The standard InChI is InChI=1S/C20H24N4O/c25-19(21-15-18-22-16-8-2-3-9-17(16)23-18)14-20(10-4-1-5-11-20)24-12-6-7-13-24/h2-3,6-9,12-13H,1,4-5,10-11,14-15H2,(H,21,25)(H,22,23). The van der Waals surface area contributed by atoms with Gasteiger partial charge in [0.2, 0.25) is 5.91 Å². The molecule has 0 spiro atoms. The molecule has 130 valence electrons. The monoisotopic (exact) mass is 336 g/mol. The lowest BCUT2D eigenvalue weighted by Gasteiger charge is -2.38. The van der Waals surface area contributed by atoms with E-state index in [4.69, 9.17) is 0 Å². The molecule has 2 heterocycles. The van der Waals surface area contributed by atoms with Crippen molar-refractivity contribution < 1.29 is 4.79 Å². The quantitative estimate of drug-likeness (QED) is 0.746. The van der Waals surface area contributed by atoms with Crippen LogP contribution in [0.2, 0.25) is 0 Å². The number of nitrogens with zero attached hydrogens (tertiary/aromatic N) is 2. The number of imidazole rings is 1. The lowest BCUT2D eigenvalue weighted by Crippen LogP contribution is -2.40.